The minimum absolute atomic E-state index is 0.152. The number of rotatable bonds is 7. The first-order chi connectivity index (χ1) is 17.9. The van der Waals surface area contributed by atoms with Gasteiger partial charge in [0.1, 0.15) is 5.75 Å². The molecule has 0 atom stereocenters. The normalized spacial score (nSPS) is 11.7. The first-order valence-corrected chi connectivity index (χ1v) is 11.8. The van der Waals surface area contributed by atoms with Crippen LogP contribution >= 0.6 is 0 Å². The number of phenolic OH excluding ortho intramolecular Hbond substituents is 1. The molecule has 2 heterocycles. The summed E-state index contributed by atoms with van der Waals surface area (Å²) in [7, 11) is 1.61. The Hall–Kier alpha value is -4.92. The van der Waals surface area contributed by atoms with Crippen LogP contribution in [-0.4, -0.2) is 29.5 Å². The summed E-state index contributed by atoms with van der Waals surface area (Å²) < 4.78 is 4.38. The molecule has 9 nitrogen and oxygen atoms in total. The van der Waals surface area contributed by atoms with E-state index in [1.54, 1.807) is 35.9 Å². The molecule has 0 radical (unpaired) electrons. The molecule has 0 aliphatic rings. The van der Waals surface area contributed by atoms with Gasteiger partial charge in [0.15, 0.2) is 11.2 Å². The Morgan fingerprint density at radius 1 is 0.865 bits per heavy atom. The minimum Gasteiger partial charge on any atom is -0.508 e. The van der Waals surface area contributed by atoms with Gasteiger partial charge in [-0.15, -0.1) is 0 Å². The van der Waals surface area contributed by atoms with Crippen molar-refractivity contribution in [1.82, 2.24) is 18.7 Å². The SMILES string of the molecule is CC(=NNc1nc2c(c(=O)n(Cc3ccccc3)c(=O)n2C)n1Cc1ccccc1)c1ccc(O)cc1. The van der Waals surface area contributed by atoms with Gasteiger partial charge in [0, 0.05) is 7.05 Å². The molecular formula is C28H26N6O3. The molecule has 0 amide bonds. The van der Waals surface area contributed by atoms with Crippen LogP contribution < -0.4 is 16.7 Å². The zero-order valence-electron chi connectivity index (χ0n) is 20.5. The smallest absolute Gasteiger partial charge is 0.332 e. The highest BCUT2D eigenvalue weighted by Gasteiger charge is 2.21. The Labute approximate surface area is 212 Å². The Balaban J connectivity index is 1.65. The second-order valence-corrected chi connectivity index (χ2v) is 8.75. The van der Waals surface area contributed by atoms with E-state index >= 15 is 0 Å². The molecule has 5 aromatic rings. The zero-order valence-corrected chi connectivity index (χ0v) is 20.5. The molecule has 0 aliphatic carbocycles. The third kappa shape index (κ3) is 4.79. The van der Waals surface area contributed by atoms with Gasteiger partial charge in [0.2, 0.25) is 5.95 Å². The molecule has 0 fully saturated rings. The summed E-state index contributed by atoms with van der Waals surface area (Å²) in [6.07, 6.45) is 0. The van der Waals surface area contributed by atoms with Gasteiger partial charge in [0.25, 0.3) is 5.56 Å². The number of phenols is 1. The van der Waals surface area contributed by atoms with Crippen LogP contribution in [0.4, 0.5) is 5.95 Å². The fourth-order valence-electron chi connectivity index (χ4n) is 4.18. The van der Waals surface area contributed by atoms with Gasteiger partial charge in [-0.1, -0.05) is 60.7 Å². The van der Waals surface area contributed by atoms with Crippen LogP contribution in [0.1, 0.15) is 23.6 Å². The van der Waals surface area contributed by atoms with E-state index in [1.807, 2.05) is 67.6 Å². The summed E-state index contributed by atoms with van der Waals surface area (Å²) >= 11 is 0. The number of hydrogen-bond acceptors (Lipinski definition) is 6. The van der Waals surface area contributed by atoms with E-state index in [0.717, 1.165) is 16.7 Å². The largest absolute Gasteiger partial charge is 0.508 e. The summed E-state index contributed by atoms with van der Waals surface area (Å²) in [5.74, 6) is 0.503. The van der Waals surface area contributed by atoms with Crippen LogP contribution in [0, 0.1) is 0 Å². The Bertz CT molecular complexity index is 1700. The number of aromatic hydroxyl groups is 1. The van der Waals surface area contributed by atoms with Crippen molar-refractivity contribution in [3.63, 3.8) is 0 Å². The molecule has 37 heavy (non-hydrogen) atoms. The lowest BCUT2D eigenvalue weighted by atomic mass is 10.1. The lowest BCUT2D eigenvalue weighted by molar-refractivity contribution is 0.475. The van der Waals surface area contributed by atoms with Crippen LogP contribution in [0.25, 0.3) is 11.2 Å². The maximum absolute atomic E-state index is 13.7. The van der Waals surface area contributed by atoms with Gasteiger partial charge >= 0.3 is 5.69 Å². The van der Waals surface area contributed by atoms with Crippen molar-refractivity contribution in [2.24, 2.45) is 12.1 Å². The van der Waals surface area contributed by atoms with Gasteiger partial charge < -0.3 is 5.11 Å². The molecule has 2 aromatic heterocycles. The Kier molecular flexibility index (Phi) is 6.42. The number of aromatic nitrogens is 4. The van der Waals surface area contributed by atoms with E-state index in [4.69, 9.17) is 0 Å². The number of hydrogen-bond donors (Lipinski definition) is 2. The molecule has 186 valence electrons. The maximum Gasteiger partial charge on any atom is 0.332 e. The molecule has 0 saturated carbocycles. The summed E-state index contributed by atoms with van der Waals surface area (Å²) in [5, 5.41) is 14.0. The topological polar surface area (TPSA) is 106 Å². The Morgan fingerprint density at radius 3 is 2.03 bits per heavy atom. The number of hydrazone groups is 1. The highest BCUT2D eigenvalue weighted by molar-refractivity contribution is 5.99. The van der Waals surface area contributed by atoms with Crippen molar-refractivity contribution in [2.75, 3.05) is 5.43 Å². The van der Waals surface area contributed by atoms with Gasteiger partial charge in [0.05, 0.1) is 18.8 Å². The number of imidazole rings is 1. The number of nitrogens with one attached hydrogen (secondary N) is 1. The molecular weight excluding hydrogens is 468 g/mol. The highest BCUT2D eigenvalue weighted by atomic mass is 16.3. The number of anilines is 1. The van der Waals surface area contributed by atoms with E-state index in [-0.39, 0.29) is 17.9 Å². The fourth-order valence-corrected chi connectivity index (χ4v) is 4.18. The van der Waals surface area contributed by atoms with E-state index < -0.39 is 11.2 Å². The van der Waals surface area contributed by atoms with E-state index in [1.165, 1.54) is 9.13 Å². The van der Waals surface area contributed by atoms with Crippen LogP contribution in [0.15, 0.2) is 99.6 Å². The summed E-state index contributed by atoms with van der Waals surface area (Å²) in [4.78, 5) is 31.5. The second-order valence-electron chi connectivity index (χ2n) is 8.75. The lowest BCUT2D eigenvalue weighted by Crippen LogP contribution is -2.40. The van der Waals surface area contributed by atoms with Crippen molar-refractivity contribution in [3.05, 3.63) is 122 Å². The zero-order chi connectivity index (χ0) is 25.9. The quantitative estimate of drug-likeness (QED) is 0.266. The molecule has 5 rings (SSSR count). The standard InChI is InChI=1S/C28H26N6O3/c1-19(22-13-15-23(35)16-14-22)30-31-27-29-25-24(33(27)17-20-9-5-3-6-10-20)26(36)34(28(37)32(25)2)18-21-11-7-4-8-12-21/h3-16,35H,17-18H2,1-2H3,(H,29,31). The van der Waals surface area contributed by atoms with Gasteiger partial charge in [-0.25, -0.2) is 10.2 Å². The van der Waals surface area contributed by atoms with Crippen LogP contribution in [0.3, 0.4) is 0 Å². The second kappa shape index (κ2) is 9.98. The van der Waals surface area contributed by atoms with Crippen LogP contribution in [-0.2, 0) is 20.1 Å². The van der Waals surface area contributed by atoms with E-state index in [2.05, 4.69) is 15.5 Å². The van der Waals surface area contributed by atoms with Gasteiger partial charge in [-0.2, -0.15) is 10.1 Å². The number of nitrogens with zero attached hydrogens (tertiary/aromatic N) is 5. The van der Waals surface area contributed by atoms with E-state index in [9.17, 15) is 14.7 Å². The predicted molar refractivity (Wildman–Crippen MR) is 144 cm³/mol. The van der Waals surface area contributed by atoms with Crippen LogP contribution in [0.2, 0.25) is 0 Å². The first-order valence-electron chi connectivity index (χ1n) is 11.8. The number of fused-ring (bicyclic) bond motifs is 1. The van der Waals surface area contributed by atoms with Crippen molar-refractivity contribution < 1.29 is 5.11 Å². The third-order valence-corrected chi connectivity index (χ3v) is 6.21. The molecule has 0 spiro atoms. The molecule has 0 saturated heterocycles. The average Bonchev–Trinajstić information content (AvgIpc) is 3.28. The summed E-state index contributed by atoms with van der Waals surface area (Å²) in [6, 6.07) is 25.8. The molecule has 0 unspecified atom stereocenters. The number of benzene rings is 3. The Morgan fingerprint density at radius 2 is 1.43 bits per heavy atom. The monoisotopic (exact) mass is 494 g/mol. The van der Waals surface area contributed by atoms with Crippen molar-refractivity contribution in [3.8, 4) is 5.75 Å². The van der Waals surface area contributed by atoms with Crippen molar-refractivity contribution >= 4 is 22.8 Å². The molecule has 0 bridgehead atoms. The molecule has 3 aromatic carbocycles. The maximum atomic E-state index is 13.7. The molecule has 0 aliphatic heterocycles. The molecule has 2 N–H and O–H groups in total. The van der Waals surface area contributed by atoms with E-state index in [0.29, 0.717) is 23.7 Å². The summed E-state index contributed by atoms with van der Waals surface area (Å²) in [5.41, 5.74) is 6.00. The predicted octanol–water partition coefficient (Wildman–Crippen LogP) is 3.54. The highest BCUT2D eigenvalue weighted by Crippen LogP contribution is 2.19. The minimum atomic E-state index is -0.443. The van der Waals surface area contributed by atoms with Gasteiger partial charge in [-0.05, 0) is 47.9 Å². The number of aryl methyl sites for hydroxylation is 1. The summed E-state index contributed by atoms with van der Waals surface area (Å²) in [6.45, 7) is 2.33. The van der Waals surface area contributed by atoms with Gasteiger partial charge in [-0.3, -0.25) is 18.5 Å². The fraction of sp³-hybridized carbons (Fsp3) is 0.143. The third-order valence-electron chi connectivity index (χ3n) is 6.21. The molecule has 9 heteroatoms. The lowest BCUT2D eigenvalue weighted by Gasteiger charge is -2.11. The van der Waals surface area contributed by atoms with Crippen molar-refractivity contribution in [1.29, 1.82) is 0 Å². The van der Waals surface area contributed by atoms with Crippen LogP contribution in [0.5, 0.6) is 5.75 Å². The average molecular weight is 495 g/mol. The first kappa shape index (κ1) is 23.8. The van der Waals surface area contributed by atoms with Crippen molar-refractivity contribution in [2.45, 2.75) is 20.0 Å².